The van der Waals surface area contributed by atoms with Crippen LogP contribution in [0, 0.1) is 0 Å². The summed E-state index contributed by atoms with van der Waals surface area (Å²) in [6.07, 6.45) is 1.59. The molecule has 88 valence electrons. The fourth-order valence-electron chi connectivity index (χ4n) is 1.38. The summed E-state index contributed by atoms with van der Waals surface area (Å²) in [6, 6.07) is 5.35. The molecule has 0 bridgehead atoms. The topological polar surface area (TPSA) is 89.1 Å². The Balaban J connectivity index is 2.19. The lowest BCUT2D eigenvalue weighted by molar-refractivity contribution is -0.137. The van der Waals surface area contributed by atoms with Crippen LogP contribution in [-0.2, 0) is 4.79 Å². The van der Waals surface area contributed by atoms with Crippen molar-refractivity contribution in [2.75, 3.05) is 0 Å². The second kappa shape index (κ2) is 4.73. The Hall–Kier alpha value is -2.24. The van der Waals surface area contributed by atoms with Gasteiger partial charge in [-0.15, -0.1) is 10.2 Å². The zero-order chi connectivity index (χ0) is 12.3. The number of aliphatic carboxylic acids is 1. The van der Waals surface area contributed by atoms with Gasteiger partial charge in [-0.1, -0.05) is 13.0 Å². The minimum Gasteiger partial charge on any atom is -0.481 e. The van der Waals surface area contributed by atoms with Crippen molar-refractivity contribution in [2.45, 2.75) is 19.3 Å². The zero-order valence-electron chi connectivity index (χ0n) is 9.20. The number of carboxylic acids is 1. The lowest BCUT2D eigenvalue weighted by atomic mass is 10.1. The standard InChI is InChI=1S/C11H11N3O3/c1-7(6-9(15)16)10-13-14-11(17-10)8-4-2-3-5-12-8/h2-5,7H,6H2,1H3,(H,15,16). The molecule has 1 unspecified atom stereocenters. The summed E-state index contributed by atoms with van der Waals surface area (Å²) >= 11 is 0. The van der Waals surface area contributed by atoms with E-state index in [-0.39, 0.29) is 12.3 Å². The van der Waals surface area contributed by atoms with Gasteiger partial charge in [-0.2, -0.15) is 0 Å². The van der Waals surface area contributed by atoms with Crippen LogP contribution in [0.3, 0.4) is 0 Å². The highest BCUT2D eigenvalue weighted by molar-refractivity contribution is 5.67. The molecule has 2 aromatic heterocycles. The molecule has 2 rings (SSSR count). The van der Waals surface area contributed by atoms with Crippen LogP contribution in [-0.4, -0.2) is 26.3 Å². The summed E-state index contributed by atoms with van der Waals surface area (Å²) in [4.78, 5) is 14.6. The molecule has 2 aromatic rings. The molecular formula is C11H11N3O3. The lowest BCUT2D eigenvalue weighted by Gasteiger charge is -2.00. The first kappa shape index (κ1) is 11.3. The van der Waals surface area contributed by atoms with Crippen LogP contribution in [0.25, 0.3) is 11.6 Å². The van der Waals surface area contributed by atoms with Crippen molar-refractivity contribution in [3.63, 3.8) is 0 Å². The third kappa shape index (κ3) is 2.66. The Bertz CT molecular complexity index is 510. The van der Waals surface area contributed by atoms with E-state index in [0.717, 1.165) is 0 Å². The minimum absolute atomic E-state index is 0.0378. The average molecular weight is 233 g/mol. The monoisotopic (exact) mass is 233 g/mol. The van der Waals surface area contributed by atoms with Gasteiger partial charge in [0, 0.05) is 12.1 Å². The van der Waals surface area contributed by atoms with Crippen molar-refractivity contribution in [3.05, 3.63) is 30.3 Å². The van der Waals surface area contributed by atoms with Crippen molar-refractivity contribution in [1.29, 1.82) is 0 Å². The van der Waals surface area contributed by atoms with E-state index in [1.807, 2.05) is 6.07 Å². The predicted molar refractivity (Wildman–Crippen MR) is 58.2 cm³/mol. The van der Waals surface area contributed by atoms with Crippen LogP contribution in [0.15, 0.2) is 28.8 Å². The largest absolute Gasteiger partial charge is 0.481 e. The average Bonchev–Trinajstić information content (AvgIpc) is 2.78. The summed E-state index contributed by atoms with van der Waals surface area (Å²) in [5.74, 6) is -0.585. The number of hydrogen-bond donors (Lipinski definition) is 1. The molecule has 0 aliphatic heterocycles. The number of carbonyl (C=O) groups is 1. The Morgan fingerprint density at radius 1 is 1.47 bits per heavy atom. The van der Waals surface area contributed by atoms with E-state index in [4.69, 9.17) is 9.52 Å². The van der Waals surface area contributed by atoms with Crippen LogP contribution in [0.5, 0.6) is 0 Å². The normalized spacial score (nSPS) is 12.3. The second-order valence-corrected chi connectivity index (χ2v) is 3.66. The fraction of sp³-hybridized carbons (Fsp3) is 0.273. The summed E-state index contributed by atoms with van der Waals surface area (Å²) < 4.78 is 5.38. The molecule has 0 radical (unpaired) electrons. The molecule has 0 saturated carbocycles. The van der Waals surface area contributed by atoms with Crippen LogP contribution in [0.2, 0.25) is 0 Å². The quantitative estimate of drug-likeness (QED) is 0.864. The highest BCUT2D eigenvalue weighted by Gasteiger charge is 2.17. The molecule has 1 N–H and O–H groups in total. The van der Waals surface area contributed by atoms with Crippen LogP contribution < -0.4 is 0 Å². The molecule has 0 amide bonds. The first-order valence-corrected chi connectivity index (χ1v) is 5.13. The molecule has 1 atom stereocenters. The van der Waals surface area contributed by atoms with Crippen molar-refractivity contribution in [3.8, 4) is 11.6 Å². The van der Waals surface area contributed by atoms with Gasteiger partial charge in [0.2, 0.25) is 5.89 Å². The van der Waals surface area contributed by atoms with Crippen molar-refractivity contribution in [1.82, 2.24) is 15.2 Å². The smallest absolute Gasteiger partial charge is 0.304 e. The maximum atomic E-state index is 10.6. The van der Waals surface area contributed by atoms with Crippen molar-refractivity contribution < 1.29 is 14.3 Å². The molecular weight excluding hydrogens is 222 g/mol. The molecule has 0 aliphatic carbocycles. The number of hydrogen-bond acceptors (Lipinski definition) is 5. The summed E-state index contributed by atoms with van der Waals surface area (Å²) in [6.45, 7) is 1.73. The molecule has 0 saturated heterocycles. The Morgan fingerprint density at radius 3 is 2.94 bits per heavy atom. The maximum absolute atomic E-state index is 10.6. The van der Waals surface area contributed by atoms with Gasteiger partial charge in [-0.05, 0) is 12.1 Å². The number of nitrogens with zero attached hydrogens (tertiary/aromatic N) is 3. The molecule has 17 heavy (non-hydrogen) atoms. The van der Waals surface area contributed by atoms with Gasteiger partial charge in [0.25, 0.3) is 5.89 Å². The summed E-state index contributed by atoms with van der Waals surface area (Å²) in [5.41, 5.74) is 0.578. The molecule has 6 nitrogen and oxygen atoms in total. The van der Waals surface area contributed by atoms with Crippen molar-refractivity contribution >= 4 is 5.97 Å². The third-order valence-electron chi connectivity index (χ3n) is 2.23. The van der Waals surface area contributed by atoms with Gasteiger partial charge in [0.05, 0.1) is 6.42 Å². The molecule has 6 heteroatoms. The van der Waals surface area contributed by atoms with Gasteiger partial charge in [0.1, 0.15) is 5.69 Å². The molecule has 0 aliphatic rings. The highest BCUT2D eigenvalue weighted by atomic mass is 16.4. The number of carboxylic acid groups (broad SMARTS) is 1. The number of rotatable bonds is 4. The first-order valence-electron chi connectivity index (χ1n) is 5.13. The van der Waals surface area contributed by atoms with E-state index < -0.39 is 5.97 Å². The van der Waals surface area contributed by atoms with Crippen LogP contribution >= 0.6 is 0 Å². The van der Waals surface area contributed by atoms with Gasteiger partial charge in [0.15, 0.2) is 0 Å². The Kier molecular flexibility index (Phi) is 3.13. The summed E-state index contributed by atoms with van der Waals surface area (Å²) in [5, 5.41) is 16.3. The van der Waals surface area contributed by atoms with Gasteiger partial charge < -0.3 is 9.52 Å². The second-order valence-electron chi connectivity index (χ2n) is 3.66. The van der Waals surface area contributed by atoms with Crippen LogP contribution in [0.4, 0.5) is 0 Å². The van der Waals surface area contributed by atoms with E-state index in [9.17, 15) is 4.79 Å². The number of aromatic nitrogens is 3. The number of pyridine rings is 1. The third-order valence-corrected chi connectivity index (χ3v) is 2.23. The van der Waals surface area contributed by atoms with E-state index in [2.05, 4.69) is 15.2 Å². The Labute approximate surface area is 97.3 Å². The molecule has 0 spiro atoms. The van der Waals surface area contributed by atoms with Gasteiger partial charge in [-0.25, -0.2) is 0 Å². The SMILES string of the molecule is CC(CC(=O)O)c1nnc(-c2ccccn2)o1. The Morgan fingerprint density at radius 2 is 2.29 bits per heavy atom. The lowest BCUT2D eigenvalue weighted by Crippen LogP contribution is -2.02. The van der Waals surface area contributed by atoms with E-state index in [1.54, 1.807) is 25.3 Å². The van der Waals surface area contributed by atoms with Gasteiger partial charge >= 0.3 is 5.97 Å². The minimum atomic E-state index is -0.893. The molecule has 0 fully saturated rings. The van der Waals surface area contributed by atoms with Crippen LogP contribution in [0.1, 0.15) is 25.2 Å². The summed E-state index contributed by atoms with van der Waals surface area (Å²) in [7, 11) is 0. The predicted octanol–water partition coefficient (Wildman–Crippen LogP) is 1.71. The first-order chi connectivity index (χ1) is 8.16. The van der Waals surface area contributed by atoms with E-state index in [0.29, 0.717) is 17.5 Å². The van der Waals surface area contributed by atoms with E-state index >= 15 is 0 Å². The highest BCUT2D eigenvalue weighted by Crippen LogP contribution is 2.21. The van der Waals surface area contributed by atoms with E-state index in [1.165, 1.54) is 0 Å². The van der Waals surface area contributed by atoms with Gasteiger partial charge in [-0.3, -0.25) is 9.78 Å². The fourth-order valence-corrected chi connectivity index (χ4v) is 1.38. The molecule has 2 heterocycles. The maximum Gasteiger partial charge on any atom is 0.304 e. The van der Waals surface area contributed by atoms with Crippen molar-refractivity contribution in [2.24, 2.45) is 0 Å². The molecule has 0 aromatic carbocycles. The zero-order valence-corrected chi connectivity index (χ0v) is 9.20.